The minimum absolute atomic E-state index is 0.0130. The summed E-state index contributed by atoms with van der Waals surface area (Å²) < 4.78 is 7.97. The van der Waals surface area contributed by atoms with Crippen LogP contribution in [0.5, 0.6) is 0 Å². The maximum absolute atomic E-state index is 12.4. The fourth-order valence-corrected chi connectivity index (χ4v) is 2.56. The van der Waals surface area contributed by atoms with E-state index >= 15 is 0 Å². The zero-order chi connectivity index (χ0) is 11.8. The topological polar surface area (TPSA) is 44.1 Å². The molecule has 1 aliphatic rings. The van der Waals surface area contributed by atoms with E-state index in [-0.39, 0.29) is 5.78 Å². The van der Waals surface area contributed by atoms with E-state index < -0.39 is 5.60 Å². The molecular formula is C11H15BrN2O2. The first kappa shape index (κ1) is 11.8. The number of hydrogen-bond acceptors (Lipinski definition) is 3. The molecule has 5 heteroatoms. The summed E-state index contributed by atoms with van der Waals surface area (Å²) in [4.78, 5) is 12.4. The number of ketones is 1. The van der Waals surface area contributed by atoms with Gasteiger partial charge in [0.2, 0.25) is 5.78 Å². The molecule has 0 radical (unpaired) electrons. The summed E-state index contributed by atoms with van der Waals surface area (Å²) in [6.45, 7) is 2.53. The third-order valence-corrected chi connectivity index (χ3v) is 3.64. The maximum Gasteiger partial charge on any atom is 0.213 e. The fraction of sp³-hybridized carbons (Fsp3) is 0.636. The highest BCUT2D eigenvalue weighted by atomic mass is 79.9. The van der Waals surface area contributed by atoms with Crippen molar-refractivity contribution < 1.29 is 9.53 Å². The quantitative estimate of drug-likeness (QED) is 0.784. The van der Waals surface area contributed by atoms with E-state index in [1.807, 2.05) is 6.92 Å². The summed E-state index contributed by atoms with van der Waals surface area (Å²) in [6, 6.07) is 0. The van der Waals surface area contributed by atoms with Gasteiger partial charge in [0.15, 0.2) is 0 Å². The summed E-state index contributed by atoms with van der Waals surface area (Å²) in [5, 5.41) is 4.06. The van der Waals surface area contributed by atoms with E-state index in [1.165, 1.54) is 0 Å². The molecular weight excluding hydrogens is 272 g/mol. The highest BCUT2D eigenvalue weighted by molar-refractivity contribution is 9.10. The molecule has 1 aromatic rings. The zero-order valence-corrected chi connectivity index (χ0v) is 11.1. The monoisotopic (exact) mass is 286 g/mol. The molecule has 1 aromatic heterocycles. The van der Waals surface area contributed by atoms with Gasteiger partial charge in [-0.3, -0.25) is 9.48 Å². The Morgan fingerprint density at radius 3 is 2.88 bits per heavy atom. The molecule has 4 nitrogen and oxygen atoms in total. The van der Waals surface area contributed by atoms with Crippen molar-refractivity contribution in [1.82, 2.24) is 9.78 Å². The molecule has 1 unspecified atom stereocenters. The van der Waals surface area contributed by atoms with Crippen LogP contribution in [-0.4, -0.2) is 27.8 Å². The van der Waals surface area contributed by atoms with Crippen molar-refractivity contribution in [3.8, 4) is 0 Å². The van der Waals surface area contributed by atoms with Crippen molar-refractivity contribution in [3.05, 3.63) is 16.4 Å². The standard InChI is InChI=1S/C11H15BrN2O2/c1-11(5-3-4-6-16-11)10(15)9-8(12)7-13-14(9)2/h7H,3-6H2,1-2H3. The molecule has 16 heavy (non-hydrogen) atoms. The Balaban J connectivity index is 2.31. The number of aromatic nitrogens is 2. The minimum atomic E-state index is -0.686. The van der Waals surface area contributed by atoms with Gasteiger partial charge in [0, 0.05) is 13.7 Å². The van der Waals surface area contributed by atoms with Gasteiger partial charge in [-0.05, 0) is 42.1 Å². The normalized spacial score (nSPS) is 25.7. The lowest BCUT2D eigenvalue weighted by Gasteiger charge is -2.32. The second-order valence-corrected chi connectivity index (χ2v) is 5.18. The maximum atomic E-state index is 12.4. The molecule has 1 aliphatic heterocycles. The molecule has 88 valence electrons. The van der Waals surface area contributed by atoms with Crippen LogP contribution in [0.3, 0.4) is 0 Å². The highest BCUT2D eigenvalue weighted by Crippen LogP contribution is 2.30. The Morgan fingerprint density at radius 1 is 1.62 bits per heavy atom. The van der Waals surface area contributed by atoms with Crippen molar-refractivity contribution in [3.63, 3.8) is 0 Å². The van der Waals surface area contributed by atoms with Crippen LogP contribution >= 0.6 is 15.9 Å². The second-order valence-electron chi connectivity index (χ2n) is 4.33. The number of hydrogen-bond donors (Lipinski definition) is 0. The van der Waals surface area contributed by atoms with Gasteiger partial charge >= 0.3 is 0 Å². The van der Waals surface area contributed by atoms with Crippen LogP contribution in [0.2, 0.25) is 0 Å². The fourth-order valence-electron chi connectivity index (χ4n) is 2.03. The Hall–Kier alpha value is -0.680. The van der Waals surface area contributed by atoms with Crippen LogP contribution in [0, 0.1) is 0 Å². The van der Waals surface area contributed by atoms with Gasteiger partial charge in [-0.1, -0.05) is 0 Å². The van der Waals surface area contributed by atoms with Crippen LogP contribution in [0.15, 0.2) is 10.7 Å². The van der Waals surface area contributed by atoms with Crippen LogP contribution in [0.25, 0.3) is 0 Å². The van der Waals surface area contributed by atoms with Gasteiger partial charge < -0.3 is 4.74 Å². The number of rotatable bonds is 2. The Morgan fingerprint density at radius 2 is 2.38 bits per heavy atom. The third kappa shape index (κ3) is 1.94. The molecule has 0 saturated carbocycles. The Bertz CT molecular complexity index is 389. The van der Waals surface area contributed by atoms with Gasteiger partial charge in [-0.2, -0.15) is 5.10 Å². The predicted molar refractivity (Wildman–Crippen MR) is 63.4 cm³/mol. The number of carbonyl (C=O) groups is 1. The first-order valence-corrected chi connectivity index (χ1v) is 6.20. The average molecular weight is 287 g/mol. The number of aryl methyl sites for hydroxylation is 1. The Kier molecular flexibility index (Phi) is 3.17. The first-order valence-electron chi connectivity index (χ1n) is 5.41. The third-order valence-electron chi connectivity index (χ3n) is 3.06. The molecule has 1 saturated heterocycles. The van der Waals surface area contributed by atoms with E-state index in [4.69, 9.17) is 4.74 Å². The molecule has 1 fully saturated rings. The molecule has 2 rings (SSSR count). The number of nitrogens with zero attached hydrogens (tertiary/aromatic N) is 2. The summed E-state index contributed by atoms with van der Waals surface area (Å²) in [6.07, 6.45) is 4.50. The number of halogens is 1. The van der Waals surface area contributed by atoms with Crippen LogP contribution < -0.4 is 0 Å². The SMILES string of the molecule is Cn1ncc(Br)c1C(=O)C1(C)CCCCO1. The van der Waals surface area contributed by atoms with Gasteiger partial charge in [0.1, 0.15) is 11.3 Å². The first-order chi connectivity index (χ1) is 7.54. The van der Waals surface area contributed by atoms with E-state index in [9.17, 15) is 4.79 Å². The average Bonchev–Trinajstić information content (AvgIpc) is 2.59. The lowest BCUT2D eigenvalue weighted by Crippen LogP contribution is -2.42. The van der Waals surface area contributed by atoms with Crippen LogP contribution in [0.4, 0.5) is 0 Å². The summed E-state index contributed by atoms with van der Waals surface area (Å²) >= 11 is 3.35. The smallest absolute Gasteiger partial charge is 0.213 e. The van der Waals surface area contributed by atoms with Crippen molar-refractivity contribution in [2.45, 2.75) is 31.8 Å². The summed E-state index contributed by atoms with van der Waals surface area (Å²) in [7, 11) is 1.77. The molecule has 0 aromatic carbocycles. The van der Waals surface area contributed by atoms with Crippen molar-refractivity contribution in [1.29, 1.82) is 0 Å². The van der Waals surface area contributed by atoms with Gasteiger partial charge in [0.05, 0.1) is 10.7 Å². The van der Waals surface area contributed by atoms with E-state index in [0.29, 0.717) is 12.3 Å². The molecule has 2 heterocycles. The van der Waals surface area contributed by atoms with Crippen molar-refractivity contribution in [2.24, 2.45) is 7.05 Å². The second kappa shape index (κ2) is 4.30. The van der Waals surface area contributed by atoms with E-state index in [1.54, 1.807) is 17.9 Å². The highest BCUT2D eigenvalue weighted by Gasteiger charge is 2.38. The number of carbonyl (C=O) groups excluding carboxylic acids is 1. The number of Topliss-reactive ketones (excluding diaryl/α,β-unsaturated/α-hetero) is 1. The van der Waals surface area contributed by atoms with Crippen LogP contribution in [0.1, 0.15) is 36.7 Å². The molecule has 0 N–H and O–H groups in total. The predicted octanol–water partition coefficient (Wildman–Crippen LogP) is 2.32. The van der Waals surface area contributed by atoms with Crippen molar-refractivity contribution in [2.75, 3.05) is 6.61 Å². The Labute approximate surface area is 103 Å². The molecule has 1 atom stereocenters. The molecule has 0 bridgehead atoms. The van der Waals surface area contributed by atoms with Gasteiger partial charge in [-0.15, -0.1) is 0 Å². The molecule has 0 spiro atoms. The summed E-state index contributed by atoms with van der Waals surface area (Å²) in [5.41, 5.74) is -0.0985. The van der Waals surface area contributed by atoms with E-state index in [2.05, 4.69) is 21.0 Å². The van der Waals surface area contributed by atoms with Gasteiger partial charge in [-0.25, -0.2) is 0 Å². The van der Waals surface area contributed by atoms with Gasteiger partial charge in [0.25, 0.3) is 0 Å². The van der Waals surface area contributed by atoms with E-state index in [0.717, 1.165) is 23.7 Å². The number of ether oxygens (including phenoxy) is 1. The summed E-state index contributed by atoms with van der Waals surface area (Å²) in [5.74, 6) is 0.0130. The minimum Gasteiger partial charge on any atom is -0.367 e. The lowest BCUT2D eigenvalue weighted by molar-refractivity contribution is -0.0431. The van der Waals surface area contributed by atoms with Crippen molar-refractivity contribution >= 4 is 21.7 Å². The largest absolute Gasteiger partial charge is 0.367 e. The molecule has 0 amide bonds. The zero-order valence-electron chi connectivity index (χ0n) is 9.49. The van der Waals surface area contributed by atoms with Crippen LogP contribution in [-0.2, 0) is 11.8 Å². The molecule has 0 aliphatic carbocycles. The lowest BCUT2D eigenvalue weighted by atomic mass is 9.90.